The molecule has 2 heterocycles. The number of amides is 1. The predicted molar refractivity (Wildman–Crippen MR) is 158 cm³/mol. The summed E-state index contributed by atoms with van der Waals surface area (Å²) in [7, 11) is 3.02. The van der Waals surface area contributed by atoms with Crippen molar-refractivity contribution in [1.82, 2.24) is 18.7 Å². The van der Waals surface area contributed by atoms with Gasteiger partial charge in [0.15, 0.2) is 27.8 Å². The number of aryl methyl sites for hydroxylation is 4. The molecular formula is C29H35N5O5S. The van der Waals surface area contributed by atoms with Crippen molar-refractivity contribution in [2.45, 2.75) is 46.3 Å². The summed E-state index contributed by atoms with van der Waals surface area (Å²) in [5.41, 5.74) is 4.36. The maximum absolute atomic E-state index is 13.3. The number of hydrogen-bond acceptors (Lipinski definition) is 7. The van der Waals surface area contributed by atoms with Crippen LogP contribution in [-0.4, -0.2) is 43.6 Å². The highest BCUT2D eigenvalue weighted by Crippen LogP contribution is 2.30. The molecule has 0 aliphatic heterocycles. The zero-order chi connectivity index (χ0) is 29.1. The minimum absolute atomic E-state index is 0.0673. The van der Waals surface area contributed by atoms with E-state index in [9.17, 15) is 14.4 Å². The zero-order valence-electron chi connectivity index (χ0n) is 24.0. The fraction of sp³-hybridized carbons (Fsp3) is 0.379. The summed E-state index contributed by atoms with van der Waals surface area (Å²) in [6.07, 6.45) is 0. The molecule has 0 saturated carbocycles. The first kappa shape index (κ1) is 29.0. The van der Waals surface area contributed by atoms with Crippen molar-refractivity contribution >= 4 is 34.5 Å². The van der Waals surface area contributed by atoms with E-state index in [1.54, 1.807) is 11.6 Å². The van der Waals surface area contributed by atoms with Crippen LogP contribution >= 0.6 is 11.8 Å². The molecule has 0 atom stereocenters. The molecule has 0 unspecified atom stereocenters. The van der Waals surface area contributed by atoms with Gasteiger partial charge in [0.1, 0.15) is 0 Å². The Morgan fingerprint density at radius 1 is 0.950 bits per heavy atom. The third-order valence-electron chi connectivity index (χ3n) is 6.54. The highest BCUT2D eigenvalue weighted by Gasteiger charge is 2.21. The quantitative estimate of drug-likeness (QED) is 0.290. The van der Waals surface area contributed by atoms with Crippen LogP contribution in [0.25, 0.3) is 11.2 Å². The molecule has 4 aromatic rings. The van der Waals surface area contributed by atoms with Gasteiger partial charge in [-0.1, -0.05) is 35.5 Å². The number of nitrogens with zero attached hydrogens (tertiary/aromatic N) is 4. The van der Waals surface area contributed by atoms with E-state index in [4.69, 9.17) is 9.47 Å². The van der Waals surface area contributed by atoms with Gasteiger partial charge in [0.05, 0.1) is 25.5 Å². The molecule has 11 heteroatoms. The van der Waals surface area contributed by atoms with Crippen LogP contribution in [0.15, 0.2) is 45.1 Å². The normalized spacial score (nSPS) is 11.2. The van der Waals surface area contributed by atoms with Gasteiger partial charge in [0.25, 0.3) is 5.56 Å². The number of hydrogen-bond donors (Lipinski definition) is 1. The van der Waals surface area contributed by atoms with Crippen LogP contribution in [0.3, 0.4) is 0 Å². The van der Waals surface area contributed by atoms with Crippen LogP contribution in [-0.2, 0) is 25.4 Å². The van der Waals surface area contributed by atoms with E-state index in [0.717, 1.165) is 32.5 Å². The second-order valence-electron chi connectivity index (χ2n) is 9.62. The number of nitrogens with one attached hydrogen (secondary N) is 1. The molecule has 1 N–H and O–H groups in total. The molecule has 0 spiro atoms. The summed E-state index contributed by atoms with van der Waals surface area (Å²) >= 11 is 1.21. The lowest BCUT2D eigenvalue weighted by molar-refractivity contribution is -0.113. The van der Waals surface area contributed by atoms with Gasteiger partial charge in [-0.2, -0.15) is 0 Å². The molecule has 212 valence electrons. The topological polar surface area (TPSA) is 109 Å². The Morgan fingerprint density at radius 2 is 1.60 bits per heavy atom. The second kappa shape index (κ2) is 12.0. The highest BCUT2D eigenvalue weighted by molar-refractivity contribution is 7.99. The van der Waals surface area contributed by atoms with Gasteiger partial charge < -0.3 is 19.4 Å². The van der Waals surface area contributed by atoms with Crippen molar-refractivity contribution in [1.29, 1.82) is 0 Å². The van der Waals surface area contributed by atoms with Gasteiger partial charge in [-0.3, -0.25) is 18.7 Å². The molecule has 4 rings (SSSR count). The third kappa shape index (κ3) is 5.79. The molecular weight excluding hydrogens is 530 g/mol. The van der Waals surface area contributed by atoms with E-state index in [2.05, 4.69) is 10.3 Å². The number of rotatable bonds is 10. The summed E-state index contributed by atoms with van der Waals surface area (Å²) in [5.74, 6) is 1.11. The van der Waals surface area contributed by atoms with Crippen molar-refractivity contribution in [3.05, 3.63) is 73.4 Å². The number of thioether (sulfide) groups is 1. The molecule has 40 heavy (non-hydrogen) atoms. The van der Waals surface area contributed by atoms with Crippen LogP contribution in [0.4, 0.5) is 5.69 Å². The predicted octanol–water partition coefficient (Wildman–Crippen LogP) is 3.94. The summed E-state index contributed by atoms with van der Waals surface area (Å²) in [6, 6.07) is 9.66. The van der Waals surface area contributed by atoms with E-state index in [1.807, 2.05) is 65.0 Å². The number of benzene rings is 2. The number of carbonyl (C=O) groups excluding carboxylic acids is 1. The monoisotopic (exact) mass is 565 g/mol. The largest absolute Gasteiger partial charge is 0.490 e. The molecule has 0 aliphatic rings. The lowest BCUT2D eigenvalue weighted by atomic mass is 10.1. The van der Waals surface area contributed by atoms with E-state index in [-0.39, 0.29) is 29.4 Å². The average Bonchev–Trinajstić information content (AvgIpc) is 3.27. The lowest BCUT2D eigenvalue weighted by Crippen LogP contribution is -2.37. The van der Waals surface area contributed by atoms with Crippen molar-refractivity contribution in [3.8, 4) is 11.5 Å². The van der Waals surface area contributed by atoms with E-state index in [1.165, 1.54) is 23.4 Å². The summed E-state index contributed by atoms with van der Waals surface area (Å²) < 4.78 is 15.6. The first-order valence-corrected chi connectivity index (χ1v) is 14.1. The fourth-order valence-electron chi connectivity index (χ4n) is 4.74. The molecule has 1 amide bonds. The number of fused-ring (bicyclic) bond motifs is 1. The van der Waals surface area contributed by atoms with E-state index >= 15 is 0 Å². The van der Waals surface area contributed by atoms with Crippen LogP contribution < -0.4 is 26.0 Å². The summed E-state index contributed by atoms with van der Waals surface area (Å²) in [4.78, 5) is 43.5. The number of imidazole rings is 1. The smallest absolute Gasteiger partial charge is 0.332 e. The lowest BCUT2D eigenvalue weighted by Gasteiger charge is -2.14. The maximum atomic E-state index is 13.3. The van der Waals surface area contributed by atoms with Gasteiger partial charge in [-0.25, -0.2) is 9.78 Å². The number of carbonyl (C=O) groups is 1. The Bertz CT molecular complexity index is 1680. The number of anilines is 1. The van der Waals surface area contributed by atoms with Crippen LogP contribution in [0.2, 0.25) is 0 Å². The molecule has 0 radical (unpaired) electrons. The van der Waals surface area contributed by atoms with Crippen molar-refractivity contribution in [2.75, 3.05) is 24.3 Å². The molecule has 0 bridgehead atoms. The first-order chi connectivity index (χ1) is 19.0. The molecule has 0 fully saturated rings. The van der Waals surface area contributed by atoms with Crippen LogP contribution in [0.1, 0.15) is 36.1 Å². The van der Waals surface area contributed by atoms with Crippen molar-refractivity contribution in [3.63, 3.8) is 0 Å². The Labute approximate surface area is 236 Å². The molecule has 10 nitrogen and oxygen atoms in total. The summed E-state index contributed by atoms with van der Waals surface area (Å²) in [5, 5.41) is 3.46. The van der Waals surface area contributed by atoms with Gasteiger partial charge in [-0.15, -0.1) is 0 Å². The Balaban J connectivity index is 1.72. The van der Waals surface area contributed by atoms with Gasteiger partial charge in [-0.05, 0) is 63.4 Å². The Kier molecular flexibility index (Phi) is 8.73. The van der Waals surface area contributed by atoms with Gasteiger partial charge in [0, 0.05) is 19.8 Å². The van der Waals surface area contributed by atoms with Crippen LogP contribution in [0, 0.1) is 20.8 Å². The van der Waals surface area contributed by atoms with Crippen molar-refractivity contribution in [2.24, 2.45) is 14.1 Å². The molecule has 2 aromatic heterocycles. The fourth-order valence-corrected chi connectivity index (χ4v) is 5.54. The number of aromatic nitrogens is 4. The standard InChI is InChI=1S/C29H35N5O5S/c1-8-38-21-11-10-20(14-22(21)39-9-2)15-34-25-26(32(6)29(37)33(7)27(25)36)31-28(34)40-16-23(35)30-24-18(4)12-17(3)13-19(24)5/h10-14H,8-9,15-16H2,1-7H3,(H,30,35). The zero-order valence-corrected chi connectivity index (χ0v) is 24.8. The SMILES string of the molecule is CCOc1ccc(Cn2c(SCC(=O)Nc3c(C)cc(C)cc3C)nc3c2c(=O)n(C)c(=O)n3C)cc1OCC. The van der Waals surface area contributed by atoms with E-state index in [0.29, 0.717) is 29.9 Å². The second-order valence-corrected chi connectivity index (χ2v) is 10.6. The average molecular weight is 566 g/mol. The van der Waals surface area contributed by atoms with Gasteiger partial charge >= 0.3 is 5.69 Å². The first-order valence-electron chi connectivity index (χ1n) is 13.1. The third-order valence-corrected chi connectivity index (χ3v) is 7.51. The van der Waals surface area contributed by atoms with Crippen molar-refractivity contribution < 1.29 is 14.3 Å². The Hall–Kier alpha value is -3.99. The maximum Gasteiger partial charge on any atom is 0.332 e. The minimum Gasteiger partial charge on any atom is -0.490 e. The molecule has 0 saturated heterocycles. The highest BCUT2D eigenvalue weighted by atomic mass is 32.2. The summed E-state index contributed by atoms with van der Waals surface area (Å²) in [6.45, 7) is 11.0. The molecule has 2 aromatic carbocycles. The van der Waals surface area contributed by atoms with E-state index < -0.39 is 11.2 Å². The van der Waals surface area contributed by atoms with Crippen LogP contribution in [0.5, 0.6) is 11.5 Å². The Morgan fingerprint density at radius 3 is 2.25 bits per heavy atom. The number of ether oxygens (including phenoxy) is 2. The van der Waals surface area contributed by atoms with Gasteiger partial charge in [0.2, 0.25) is 5.91 Å². The molecule has 0 aliphatic carbocycles. The minimum atomic E-state index is -0.471.